The Morgan fingerprint density at radius 3 is 1.64 bits per heavy atom. The van der Waals surface area contributed by atoms with Gasteiger partial charge in [-0.15, -0.1) is 0 Å². The fraction of sp³-hybridized carbons (Fsp3) is 0. The summed E-state index contributed by atoms with van der Waals surface area (Å²) in [6.45, 7) is 0. The average molecular weight is 537 g/mol. The van der Waals surface area contributed by atoms with E-state index in [0.717, 1.165) is 38.8 Å². The van der Waals surface area contributed by atoms with Crippen LogP contribution in [0.5, 0.6) is 0 Å². The Labute approximate surface area is 241 Å². The van der Waals surface area contributed by atoms with Crippen molar-refractivity contribution in [3.63, 3.8) is 0 Å². The number of aromatic nitrogens is 4. The van der Waals surface area contributed by atoms with E-state index < -0.39 is 0 Å². The third-order valence-corrected chi connectivity index (χ3v) is 8.40. The summed E-state index contributed by atoms with van der Waals surface area (Å²) in [7, 11) is 0. The number of hydrogen-bond acceptors (Lipinski definition) is 2. The summed E-state index contributed by atoms with van der Waals surface area (Å²) in [5.41, 5.74) is 7.77. The van der Waals surface area contributed by atoms with Crippen molar-refractivity contribution in [3.8, 4) is 22.8 Å². The van der Waals surface area contributed by atoms with Gasteiger partial charge in [0.25, 0.3) is 0 Å². The van der Waals surface area contributed by atoms with Crippen molar-refractivity contribution in [2.24, 2.45) is 0 Å². The zero-order chi connectivity index (χ0) is 27.6. The highest BCUT2D eigenvalue weighted by atomic mass is 15.2. The molecule has 4 heteroatoms. The Hall–Kier alpha value is -5.74. The Balaban J connectivity index is 1.51. The van der Waals surface area contributed by atoms with Gasteiger partial charge in [0.1, 0.15) is 0 Å². The molecule has 42 heavy (non-hydrogen) atoms. The van der Waals surface area contributed by atoms with Gasteiger partial charge in [-0.25, -0.2) is 9.97 Å². The molecular formula is C38H24N4. The molecule has 0 atom stereocenters. The second-order valence-corrected chi connectivity index (χ2v) is 10.7. The standard InChI is InChI=1S/C38H24N4/c1-3-13-25(14-4-1)26-23-39-38(40-24-26)42-33-22-12-11-21-32(33)36-37(42)34-30-19-9-7-17-28(30)29-18-8-10-20-31(29)35(34)41(36)27-15-5-2-6-16-27/h1-24H. The van der Waals surface area contributed by atoms with Gasteiger partial charge in [0, 0.05) is 39.8 Å². The van der Waals surface area contributed by atoms with E-state index in [4.69, 9.17) is 9.97 Å². The van der Waals surface area contributed by atoms with E-state index in [2.05, 4.69) is 124 Å². The molecule has 3 heterocycles. The van der Waals surface area contributed by atoms with Gasteiger partial charge >= 0.3 is 0 Å². The molecule has 0 aliphatic heterocycles. The Morgan fingerprint density at radius 2 is 0.929 bits per heavy atom. The van der Waals surface area contributed by atoms with Gasteiger partial charge in [-0.2, -0.15) is 0 Å². The first-order valence-electron chi connectivity index (χ1n) is 14.2. The molecule has 9 rings (SSSR count). The Kier molecular flexibility index (Phi) is 4.87. The lowest BCUT2D eigenvalue weighted by Gasteiger charge is -2.13. The van der Waals surface area contributed by atoms with Gasteiger partial charge in [0.05, 0.1) is 22.1 Å². The zero-order valence-electron chi connectivity index (χ0n) is 22.6. The quantitative estimate of drug-likeness (QED) is 0.211. The van der Waals surface area contributed by atoms with Gasteiger partial charge < -0.3 is 4.57 Å². The molecule has 0 amide bonds. The molecule has 6 aromatic carbocycles. The highest BCUT2D eigenvalue weighted by Crippen LogP contribution is 2.46. The molecule has 0 aliphatic rings. The molecule has 0 saturated heterocycles. The average Bonchev–Trinajstić information content (AvgIpc) is 3.59. The van der Waals surface area contributed by atoms with Gasteiger partial charge in [0.2, 0.25) is 5.95 Å². The van der Waals surface area contributed by atoms with Crippen molar-refractivity contribution >= 4 is 54.4 Å². The van der Waals surface area contributed by atoms with Crippen LogP contribution in [-0.2, 0) is 0 Å². The van der Waals surface area contributed by atoms with Crippen LogP contribution in [0.4, 0.5) is 0 Å². The van der Waals surface area contributed by atoms with Crippen molar-refractivity contribution in [2.75, 3.05) is 0 Å². The number of para-hydroxylation sites is 2. The van der Waals surface area contributed by atoms with E-state index in [1.54, 1.807) is 0 Å². The molecule has 4 nitrogen and oxygen atoms in total. The van der Waals surface area contributed by atoms with Crippen LogP contribution in [0.15, 0.2) is 146 Å². The molecule has 3 aromatic heterocycles. The molecule has 0 fully saturated rings. The third kappa shape index (κ3) is 3.17. The number of fused-ring (bicyclic) bond motifs is 10. The molecule has 0 N–H and O–H groups in total. The summed E-state index contributed by atoms with van der Waals surface area (Å²) in [5.74, 6) is 0.658. The predicted molar refractivity (Wildman–Crippen MR) is 174 cm³/mol. The van der Waals surface area contributed by atoms with Gasteiger partial charge in [0.15, 0.2) is 0 Å². The topological polar surface area (TPSA) is 35.6 Å². The molecule has 9 aromatic rings. The summed E-state index contributed by atoms with van der Waals surface area (Å²) < 4.78 is 4.69. The van der Waals surface area contributed by atoms with Crippen LogP contribution in [0, 0.1) is 0 Å². The first kappa shape index (κ1) is 23.0. The van der Waals surface area contributed by atoms with Crippen molar-refractivity contribution in [1.82, 2.24) is 19.1 Å². The summed E-state index contributed by atoms with van der Waals surface area (Å²) >= 11 is 0. The monoisotopic (exact) mass is 536 g/mol. The molecule has 196 valence electrons. The van der Waals surface area contributed by atoms with E-state index in [1.165, 1.54) is 32.4 Å². The summed E-state index contributed by atoms with van der Waals surface area (Å²) in [6, 6.07) is 47.1. The first-order chi connectivity index (χ1) is 20.9. The summed E-state index contributed by atoms with van der Waals surface area (Å²) in [5, 5.41) is 7.30. The molecule has 0 unspecified atom stereocenters. The van der Waals surface area contributed by atoms with E-state index in [-0.39, 0.29) is 0 Å². The Morgan fingerprint density at radius 1 is 0.381 bits per heavy atom. The molecule has 0 radical (unpaired) electrons. The van der Waals surface area contributed by atoms with E-state index in [9.17, 15) is 0 Å². The van der Waals surface area contributed by atoms with Crippen LogP contribution in [0.3, 0.4) is 0 Å². The predicted octanol–water partition coefficient (Wildman–Crippen LogP) is 9.49. The molecule has 0 saturated carbocycles. The van der Waals surface area contributed by atoms with Crippen molar-refractivity contribution in [2.45, 2.75) is 0 Å². The minimum Gasteiger partial charge on any atom is -0.306 e. The van der Waals surface area contributed by atoms with Crippen LogP contribution in [0.25, 0.3) is 77.1 Å². The number of hydrogen-bond donors (Lipinski definition) is 0. The smallest absolute Gasteiger partial charge is 0.234 e. The van der Waals surface area contributed by atoms with Crippen LogP contribution < -0.4 is 0 Å². The minimum absolute atomic E-state index is 0.658. The fourth-order valence-corrected chi connectivity index (χ4v) is 6.65. The highest BCUT2D eigenvalue weighted by Gasteiger charge is 2.26. The molecule has 0 bridgehead atoms. The second kappa shape index (κ2) is 8.88. The zero-order valence-corrected chi connectivity index (χ0v) is 22.6. The SMILES string of the molecule is c1ccc(-c2cnc(-n3c4ccccc4c4c3c3c5ccccc5c5ccccc5c3n4-c3ccccc3)nc2)cc1. The number of nitrogens with zero attached hydrogens (tertiary/aromatic N) is 4. The van der Waals surface area contributed by atoms with Gasteiger partial charge in [-0.05, 0) is 39.9 Å². The number of rotatable bonds is 3. The third-order valence-electron chi connectivity index (χ3n) is 8.40. The largest absolute Gasteiger partial charge is 0.306 e. The maximum Gasteiger partial charge on any atom is 0.234 e. The van der Waals surface area contributed by atoms with Crippen molar-refractivity contribution in [1.29, 1.82) is 0 Å². The highest BCUT2D eigenvalue weighted by molar-refractivity contribution is 6.34. The van der Waals surface area contributed by atoms with E-state index in [0.29, 0.717) is 5.95 Å². The van der Waals surface area contributed by atoms with Gasteiger partial charge in [-0.3, -0.25) is 4.57 Å². The van der Waals surface area contributed by atoms with Crippen LogP contribution in [-0.4, -0.2) is 19.1 Å². The van der Waals surface area contributed by atoms with Crippen LogP contribution in [0.1, 0.15) is 0 Å². The molecular weight excluding hydrogens is 512 g/mol. The van der Waals surface area contributed by atoms with E-state index in [1.807, 2.05) is 30.6 Å². The maximum absolute atomic E-state index is 4.97. The maximum atomic E-state index is 4.97. The van der Waals surface area contributed by atoms with Gasteiger partial charge in [-0.1, -0.05) is 115 Å². The minimum atomic E-state index is 0.658. The van der Waals surface area contributed by atoms with Crippen LogP contribution in [0.2, 0.25) is 0 Å². The summed E-state index contributed by atoms with van der Waals surface area (Å²) in [4.78, 5) is 9.94. The lowest BCUT2D eigenvalue weighted by molar-refractivity contribution is 0.992. The normalized spacial score (nSPS) is 11.8. The van der Waals surface area contributed by atoms with Crippen LogP contribution >= 0.6 is 0 Å². The second-order valence-electron chi connectivity index (χ2n) is 10.7. The Bertz CT molecular complexity index is 2430. The van der Waals surface area contributed by atoms with Crippen molar-refractivity contribution in [3.05, 3.63) is 146 Å². The first-order valence-corrected chi connectivity index (χ1v) is 14.2. The summed E-state index contributed by atoms with van der Waals surface area (Å²) in [6.07, 6.45) is 3.87. The molecule has 0 spiro atoms. The fourth-order valence-electron chi connectivity index (χ4n) is 6.65. The van der Waals surface area contributed by atoms with Crippen molar-refractivity contribution < 1.29 is 0 Å². The molecule has 0 aliphatic carbocycles. The number of benzene rings is 6. The lowest BCUT2D eigenvalue weighted by Crippen LogP contribution is -2.00. The lowest BCUT2D eigenvalue weighted by atomic mass is 9.98. The van der Waals surface area contributed by atoms with E-state index >= 15 is 0 Å².